The van der Waals surface area contributed by atoms with Crippen molar-refractivity contribution in [2.45, 2.75) is 31.8 Å². The number of benzene rings is 1. The van der Waals surface area contributed by atoms with Crippen molar-refractivity contribution in [3.63, 3.8) is 0 Å². The average Bonchev–Trinajstić information content (AvgIpc) is 2.64. The molecule has 0 aliphatic carbocycles. The standard InChI is InChI=1S/C13H14Cl2O4/c1-13(2)18-10(11(19-13)12(16)17-3)8-5-4-7(14)6-9(8)15/h4-6,10-11H,1-3H3/t10-,11-/m1/s1. The number of hydrogen-bond acceptors (Lipinski definition) is 4. The smallest absolute Gasteiger partial charge is 0.338 e. The lowest BCUT2D eigenvalue weighted by Crippen LogP contribution is -2.29. The van der Waals surface area contributed by atoms with E-state index in [1.807, 2.05) is 0 Å². The van der Waals surface area contributed by atoms with Crippen molar-refractivity contribution in [1.29, 1.82) is 0 Å². The van der Waals surface area contributed by atoms with E-state index >= 15 is 0 Å². The van der Waals surface area contributed by atoms with Crippen LogP contribution in [0.5, 0.6) is 0 Å². The molecular weight excluding hydrogens is 291 g/mol. The fraction of sp³-hybridized carbons (Fsp3) is 0.462. The van der Waals surface area contributed by atoms with Gasteiger partial charge in [0, 0.05) is 15.6 Å². The van der Waals surface area contributed by atoms with Crippen LogP contribution in [0.4, 0.5) is 0 Å². The van der Waals surface area contributed by atoms with Gasteiger partial charge in [0.05, 0.1) is 7.11 Å². The molecule has 0 radical (unpaired) electrons. The van der Waals surface area contributed by atoms with Gasteiger partial charge in [0.25, 0.3) is 0 Å². The Kier molecular flexibility index (Phi) is 4.06. The van der Waals surface area contributed by atoms with E-state index in [0.29, 0.717) is 15.6 Å². The third-order valence-corrected chi connectivity index (χ3v) is 3.36. The SMILES string of the molecule is COC(=O)[C@@H]1OC(C)(C)O[C@@H]1c1ccc(Cl)cc1Cl. The normalized spacial score (nSPS) is 25.3. The molecule has 0 spiro atoms. The lowest BCUT2D eigenvalue weighted by atomic mass is 10.0. The van der Waals surface area contributed by atoms with Crippen molar-refractivity contribution in [3.8, 4) is 0 Å². The van der Waals surface area contributed by atoms with E-state index in [-0.39, 0.29) is 0 Å². The summed E-state index contributed by atoms with van der Waals surface area (Å²) >= 11 is 12.0. The van der Waals surface area contributed by atoms with E-state index in [4.69, 9.17) is 37.4 Å². The van der Waals surface area contributed by atoms with Crippen LogP contribution in [0, 0.1) is 0 Å². The highest BCUT2D eigenvalue weighted by Crippen LogP contribution is 2.41. The highest BCUT2D eigenvalue weighted by molar-refractivity contribution is 6.35. The molecule has 1 fully saturated rings. The summed E-state index contributed by atoms with van der Waals surface area (Å²) in [5, 5.41) is 0.939. The molecule has 4 nitrogen and oxygen atoms in total. The molecule has 1 aliphatic heterocycles. The summed E-state index contributed by atoms with van der Waals surface area (Å²) in [6.07, 6.45) is -1.47. The Morgan fingerprint density at radius 2 is 2.00 bits per heavy atom. The Labute approximate surface area is 121 Å². The number of rotatable bonds is 2. The molecule has 19 heavy (non-hydrogen) atoms. The molecule has 1 aromatic carbocycles. The Hall–Kier alpha value is -0.810. The van der Waals surface area contributed by atoms with E-state index in [9.17, 15) is 4.79 Å². The van der Waals surface area contributed by atoms with Gasteiger partial charge in [0.15, 0.2) is 11.9 Å². The van der Waals surface area contributed by atoms with Crippen molar-refractivity contribution in [1.82, 2.24) is 0 Å². The summed E-state index contributed by atoms with van der Waals surface area (Å²) in [6.45, 7) is 3.46. The molecule has 0 N–H and O–H groups in total. The molecule has 1 aromatic rings. The van der Waals surface area contributed by atoms with Crippen LogP contribution in [0.2, 0.25) is 10.0 Å². The number of hydrogen-bond donors (Lipinski definition) is 0. The predicted octanol–water partition coefficient (Wildman–Crippen LogP) is 3.36. The van der Waals surface area contributed by atoms with E-state index in [1.165, 1.54) is 7.11 Å². The van der Waals surface area contributed by atoms with Gasteiger partial charge in [0.2, 0.25) is 0 Å². The number of carbonyl (C=O) groups excluding carboxylic acids is 1. The largest absolute Gasteiger partial charge is 0.467 e. The van der Waals surface area contributed by atoms with E-state index < -0.39 is 24.0 Å². The zero-order chi connectivity index (χ0) is 14.2. The third kappa shape index (κ3) is 3.03. The number of ether oxygens (including phenoxy) is 3. The second-order valence-electron chi connectivity index (χ2n) is 4.67. The zero-order valence-corrected chi connectivity index (χ0v) is 12.3. The lowest BCUT2D eigenvalue weighted by Gasteiger charge is -2.17. The van der Waals surface area contributed by atoms with Crippen LogP contribution < -0.4 is 0 Å². The molecule has 6 heteroatoms. The zero-order valence-electron chi connectivity index (χ0n) is 10.8. The summed E-state index contributed by atoms with van der Waals surface area (Å²) in [5.41, 5.74) is 0.645. The average molecular weight is 305 g/mol. The fourth-order valence-corrected chi connectivity index (χ4v) is 2.53. The molecule has 0 bridgehead atoms. The van der Waals surface area contributed by atoms with Gasteiger partial charge in [-0.1, -0.05) is 29.3 Å². The first kappa shape index (κ1) is 14.6. The van der Waals surface area contributed by atoms with Crippen LogP contribution in [0.1, 0.15) is 25.5 Å². The van der Waals surface area contributed by atoms with Gasteiger partial charge in [-0.05, 0) is 26.0 Å². The minimum Gasteiger partial charge on any atom is -0.467 e. The summed E-state index contributed by atoms with van der Waals surface area (Å²) < 4.78 is 16.0. The van der Waals surface area contributed by atoms with Gasteiger partial charge < -0.3 is 14.2 Å². The Bertz CT molecular complexity index is 501. The fourth-order valence-electron chi connectivity index (χ4n) is 2.01. The molecule has 104 valence electrons. The summed E-state index contributed by atoms with van der Waals surface area (Å²) in [5.74, 6) is -1.38. The summed E-state index contributed by atoms with van der Waals surface area (Å²) in [4.78, 5) is 11.8. The van der Waals surface area contributed by atoms with Crippen LogP contribution in [0.15, 0.2) is 18.2 Å². The molecule has 0 amide bonds. The monoisotopic (exact) mass is 304 g/mol. The van der Waals surface area contributed by atoms with Gasteiger partial charge in [-0.25, -0.2) is 4.79 Å². The topological polar surface area (TPSA) is 44.8 Å². The molecular formula is C13H14Cl2O4. The molecule has 1 heterocycles. The van der Waals surface area contributed by atoms with Gasteiger partial charge in [-0.2, -0.15) is 0 Å². The maximum absolute atomic E-state index is 11.8. The van der Waals surface area contributed by atoms with E-state index in [1.54, 1.807) is 32.0 Å². The predicted molar refractivity (Wildman–Crippen MR) is 71.3 cm³/mol. The van der Waals surface area contributed by atoms with Crippen LogP contribution in [0.3, 0.4) is 0 Å². The molecule has 0 saturated carbocycles. The molecule has 0 unspecified atom stereocenters. The molecule has 2 rings (SSSR count). The van der Waals surface area contributed by atoms with E-state index in [2.05, 4.69) is 0 Å². The Morgan fingerprint density at radius 3 is 2.58 bits per heavy atom. The Morgan fingerprint density at radius 1 is 1.32 bits per heavy atom. The summed E-state index contributed by atoms with van der Waals surface area (Å²) in [7, 11) is 1.30. The van der Waals surface area contributed by atoms with Crippen molar-refractivity contribution in [2.75, 3.05) is 7.11 Å². The van der Waals surface area contributed by atoms with Gasteiger partial charge in [-0.15, -0.1) is 0 Å². The van der Waals surface area contributed by atoms with Gasteiger partial charge in [0.1, 0.15) is 6.10 Å². The number of esters is 1. The lowest BCUT2D eigenvalue weighted by molar-refractivity contribution is -0.168. The van der Waals surface area contributed by atoms with Crippen LogP contribution in [-0.4, -0.2) is 25.0 Å². The second kappa shape index (κ2) is 5.29. The molecule has 2 atom stereocenters. The minimum absolute atomic E-state index is 0.424. The first-order valence-corrected chi connectivity index (χ1v) is 6.48. The van der Waals surface area contributed by atoms with Crippen LogP contribution in [-0.2, 0) is 19.0 Å². The first-order chi connectivity index (χ1) is 8.84. The minimum atomic E-state index is -0.882. The maximum Gasteiger partial charge on any atom is 0.338 e. The van der Waals surface area contributed by atoms with Crippen molar-refractivity contribution in [3.05, 3.63) is 33.8 Å². The highest BCUT2D eigenvalue weighted by Gasteiger charge is 2.47. The maximum atomic E-state index is 11.8. The first-order valence-electron chi connectivity index (χ1n) is 5.72. The second-order valence-corrected chi connectivity index (χ2v) is 5.51. The number of halogens is 2. The summed E-state index contributed by atoms with van der Waals surface area (Å²) in [6, 6.07) is 5.00. The van der Waals surface area contributed by atoms with Crippen molar-refractivity contribution >= 4 is 29.2 Å². The Balaban J connectivity index is 2.37. The molecule has 1 saturated heterocycles. The van der Waals surface area contributed by atoms with Gasteiger partial charge in [-0.3, -0.25) is 0 Å². The van der Waals surface area contributed by atoms with E-state index in [0.717, 1.165) is 0 Å². The third-order valence-electron chi connectivity index (χ3n) is 2.80. The van der Waals surface area contributed by atoms with Gasteiger partial charge >= 0.3 is 5.97 Å². The van der Waals surface area contributed by atoms with Crippen LogP contribution in [0.25, 0.3) is 0 Å². The van der Waals surface area contributed by atoms with Crippen LogP contribution >= 0.6 is 23.2 Å². The van der Waals surface area contributed by atoms with Crippen molar-refractivity contribution < 1.29 is 19.0 Å². The number of carbonyl (C=O) groups is 1. The highest BCUT2D eigenvalue weighted by atomic mass is 35.5. The van der Waals surface area contributed by atoms with Crippen molar-refractivity contribution in [2.24, 2.45) is 0 Å². The molecule has 0 aromatic heterocycles. The molecule has 1 aliphatic rings. The quantitative estimate of drug-likeness (QED) is 0.786. The number of methoxy groups -OCH3 is 1.